The van der Waals surface area contributed by atoms with E-state index in [4.69, 9.17) is 0 Å². The first-order chi connectivity index (χ1) is 26.1. The number of benzene rings is 2. The number of hydrogen-bond acceptors (Lipinski definition) is 6. The fourth-order valence-corrected chi connectivity index (χ4v) is 10.5. The van der Waals surface area contributed by atoms with Crippen LogP contribution in [0.2, 0.25) is 0 Å². The van der Waals surface area contributed by atoms with Gasteiger partial charge in [0.1, 0.15) is 11.6 Å². The number of halogens is 1. The van der Waals surface area contributed by atoms with Gasteiger partial charge in [-0.05, 0) is 104 Å². The van der Waals surface area contributed by atoms with Crippen LogP contribution in [-0.4, -0.2) is 69.6 Å². The predicted molar refractivity (Wildman–Crippen MR) is 203 cm³/mol. The molecule has 2 saturated carbocycles. The molecule has 1 aromatic heterocycles. The third-order valence-corrected chi connectivity index (χ3v) is 13.3. The molecule has 2 heterocycles. The fraction of sp³-hybridized carbons (Fsp3) is 0.500. The van der Waals surface area contributed by atoms with Crippen molar-refractivity contribution in [2.24, 2.45) is 23.2 Å². The standard InChI is InChI=1S/C44H49FN4O5/c1-44-26-29(41-31-15-13-30(50)25-28(31)12-14-34(41)36(44)16-18-39(44)51)7-3-2-4-10-40(52)48-19-21-49(22-20-48)43(54)35-23-27(11-17-37(35)45)24-38-32-8-5-6-9-33(32)42(53)47-46-38/h5-6,8-9,11,17,23,25,29,34,36H,2-4,7,10,12-16,18-22,24,26H2,1H3,(H,47,53)/t29-,34?,36-,44-/m0/s1. The largest absolute Gasteiger partial charge is 0.339 e. The number of allylic oxidation sites excluding steroid dienone is 4. The van der Waals surface area contributed by atoms with Crippen LogP contribution in [0, 0.1) is 29.0 Å². The Morgan fingerprint density at radius 3 is 2.50 bits per heavy atom. The topological polar surface area (TPSA) is 121 Å². The number of ketones is 2. The average Bonchev–Trinajstić information content (AvgIpc) is 3.48. The Morgan fingerprint density at radius 1 is 0.907 bits per heavy atom. The molecule has 0 spiro atoms. The maximum atomic E-state index is 15.0. The summed E-state index contributed by atoms with van der Waals surface area (Å²) >= 11 is 0. The van der Waals surface area contributed by atoms with Gasteiger partial charge in [0.25, 0.3) is 11.5 Å². The zero-order valence-corrected chi connectivity index (χ0v) is 31.1. The van der Waals surface area contributed by atoms with Gasteiger partial charge in [-0.25, -0.2) is 9.49 Å². The molecule has 282 valence electrons. The van der Waals surface area contributed by atoms with Gasteiger partial charge in [-0.1, -0.05) is 49.6 Å². The minimum atomic E-state index is -0.597. The maximum absolute atomic E-state index is 15.0. The van der Waals surface area contributed by atoms with Gasteiger partial charge >= 0.3 is 0 Å². The zero-order chi connectivity index (χ0) is 37.6. The van der Waals surface area contributed by atoms with Crippen LogP contribution in [0.4, 0.5) is 4.39 Å². The van der Waals surface area contributed by atoms with Gasteiger partial charge < -0.3 is 9.80 Å². The molecular weight excluding hydrogens is 684 g/mol. The average molecular weight is 733 g/mol. The van der Waals surface area contributed by atoms with Gasteiger partial charge in [0.05, 0.1) is 16.6 Å². The second kappa shape index (κ2) is 14.8. The second-order valence-electron chi connectivity index (χ2n) is 16.4. The van der Waals surface area contributed by atoms with Crippen molar-refractivity contribution in [3.63, 3.8) is 0 Å². The molecule has 3 fully saturated rings. The van der Waals surface area contributed by atoms with Crippen LogP contribution in [0.3, 0.4) is 0 Å². The number of unbranched alkanes of at least 4 members (excludes halogenated alkanes) is 2. The van der Waals surface area contributed by atoms with E-state index in [2.05, 4.69) is 17.1 Å². The van der Waals surface area contributed by atoms with Crippen LogP contribution in [0.1, 0.15) is 106 Å². The monoisotopic (exact) mass is 732 g/mol. The summed E-state index contributed by atoms with van der Waals surface area (Å²) < 4.78 is 15.0. The molecule has 4 atom stereocenters. The number of fused-ring (bicyclic) bond motifs is 5. The molecule has 1 unspecified atom stereocenters. The lowest BCUT2D eigenvalue weighted by Crippen LogP contribution is -2.50. The number of aromatic amines is 1. The lowest BCUT2D eigenvalue weighted by molar-refractivity contribution is -0.133. The molecule has 54 heavy (non-hydrogen) atoms. The van der Waals surface area contributed by atoms with Crippen molar-refractivity contribution in [3.8, 4) is 0 Å². The Morgan fingerprint density at radius 2 is 1.69 bits per heavy atom. The molecule has 3 aromatic rings. The van der Waals surface area contributed by atoms with E-state index in [0.29, 0.717) is 97.4 Å². The molecule has 1 aliphatic heterocycles. The highest BCUT2D eigenvalue weighted by atomic mass is 19.1. The Hall–Kier alpha value is -4.73. The first-order valence-electron chi connectivity index (χ1n) is 19.9. The number of rotatable bonds is 9. The van der Waals surface area contributed by atoms with Crippen LogP contribution in [-0.2, 0) is 20.8 Å². The molecule has 0 radical (unpaired) electrons. The molecule has 5 aliphatic rings. The Bertz CT molecular complexity index is 2150. The normalized spacial score (nSPS) is 25.4. The number of carbonyl (C=O) groups excluding carboxylic acids is 4. The Kier molecular flexibility index (Phi) is 9.96. The lowest BCUT2D eigenvalue weighted by Gasteiger charge is -2.50. The number of nitrogens with zero attached hydrogens (tertiary/aromatic N) is 3. The summed E-state index contributed by atoms with van der Waals surface area (Å²) in [6, 6.07) is 11.7. The number of H-pyrrole nitrogens is 1. The van der Waals surface area contributed by atoms with Gasteiger partial charge in [0, 0.05) is 62.7 Å². The number of aromatic nitrogens is 2. The van der Waals surface area contributed by atoms with Crippen LogP contribution < -0.4 is 5.56 Å². The second-order valence-corrected chi connectivity index (χ2v) is 16.4. The van der Waals surface area contributed by atoms with Crippen LogP contribution in [0.15, 0.2) is 70.1 Å². The quantitative estimate of drug-likeness (QED) is 0.240. The maximum Gasteiger partial charge on any atom is 0.272 e. The highest BCUT2D eigenvalue weighted by Crippen LogP contribution is 2.61. The smallest absolute Gasteiger partial charge is 0.272 e. The SMILES string of the molecule is C[C@]12C[C@H](CCCCCC(=O)N3CCN(C(=O)c4cc(Cc5n[nH]c(=O)c6ccccc56)ccc4F)CC3)C3=C4CCC(=O)C=C4CCC3[C@@H]1CCC2=O. The molecule has 9 nitrogen and oxygen atoms in total. The zero-order valence-electron chi connectivity index (χ0n) is 31.1. The predicted octanol–water partition coefficient (Wildman–Crippen LogP) is 6.89. The van der Waals surface area contributed by atoms with E-state index in [9.17, 15) is 24.0 Å². The van der Waals surface area contributed by atoms with E-state index in [1.165, 1.54) is 17.2 Å². The van der Waals surface area contributed by atoms with Crippen molar-refractivity contribution in [3.05, 3.63) is 98.3 Å². The third kappa shape index (κ3) is 6.77. The van der Waals surface area contributed by atoms with E-state index in [0.717, 1.165) is 57.8 Å². The van der Waals surface area contributed by atoms with Crippen molar-refractivity contribution in [1.29, 1.82) is 0 Å². The van der Waals surface area contributed by atoms with Gasteiger partial charge in [-0.3, -0.25) is 24.0 Å². The highest BCUT2D eigenvalue weighted by Gasteiger charge is 2.56. The molecule has 1 N–H and O–H groups in total. The van der Waals surface area contributed by atoms with Gasteiger partial charge in [0.2, 0.25) is 5.91 Å². The Balaban J connectivity index is 0.836. The molecule has 0 bridgehead atoms. The van der Waals surface area contributed by atoms with E-state index >= 15 is 4.39 Å². The van der Waals surface area contributed by atoms with Crippen LogP contribution in [0.25, 0.3) is 10.8 Å². The van der Waals surface area contributed by atoms with Crippen LogP contribution >= 0.6 is 0 Å². The van der Waals surface area contributed by atoms with E-state index in [1.807, 2.05) is 23.1 Å². The number of Topliss-reactive ketones (excluding diaryl/α,β-unsaturated/α-hetero) is 1. The summed E-state index contributed by atoms with van der Waals surface area (Å²) in [6.45, 7) is 3.70. The van der Waals surface area contributed by atoms with Crippen molar-refractivity contribution in [1.82, 2.24) is 20.0 Å². The first kappa shape index (κ1) is 36.3. The van der Waals surface area contributed by atoms with Crippen molar-refractivity contribution in [2.75, 3.05) is 26.2 Å². The molecule has 10 heteroatoms. The lowest BCUT2D eigenvalue weighted by atomic mass is 9.53. The number of nitrogens with one attached hydrogen (secondary N) is 1. The van der Waals surface area contributed by atoms with Gasteiger partial charge in [-0.15, -0.1) is 0 Å². The van der Waals surface area contributed by atoms with E-state index < -0.39 is 11.7 Å². The van der Waals surface area contributed by atoms with Crippen molar-refractivity contribution in [2.45, 2.75) is 90.4 Å². The van der Waals surface area contributed by atoms with Crippen molar-refractivity contribution >= 4 is 34.2 Å². The number of carbonyl (C=O) groups is 4. The van der Waals surface area contributed by atoms with Crippen LogP contribution in [0.5, 0.6) is 0 Å². The third-order valence-electron chi connectivity index (χ3n) is 13.3. The molecule has 4 aliphatic carbocycles. The summed E-state index contributed by atoms with van der Waals surface area (Å²) in [5.74, 6) is 0.992. The summed E-state index contributed by atoms with van der Waals surface area (Å²) in [6.07, 6.45) is 12.4. The number of hydrogen-bond donors (Lipinski definition) is 1. The summed E-state index contributed by atoms with van der Waals surface area (Å²) in [4.78, 5) is 67.8. The molecule has 1 saturated heterocycles. The number of amides is 2. The van der Waals surface area contributed by atoms with Crippen molar-refractivity contribution < 1.29 is 23.6 Å². The minimum absolute atomic E-state index is 0.0129. The van der Waals surface area contributed by atoms with Gasteiger partial charge in [-0.2, -0.15) is 5.10 Å². The molecular formula is C44H49FN4O5. The van der Waals surface area contributed by atoms with E-state index in [1.54, 1.807) is 34.7 Å². The summed E-state index contributed by atoms with van der Waals surface area (Å²) in [5, 5.41) is 7.98. The Labute approximate surface area is 315 Å². The molecule has 2 aromatic carbocycles. The molecule has 8 rings (SSSR count). The highest BCUT2D eigenvalue weighted by molar-refractivity contribution is 5.95. The number of piperazine rings is 1. The first-order valence-corrected chi connectivity index (χ1v) is 19.9. The molecule has 2 amide bonds. The summed E-state index contributed by atoms with van der Waals surface area (Å²) in [7, 11) is 0. The fourth-order valence-electron chi connectivity index (χ4n) is 10.5. The van der Waals surface area contributed by atoms with Gasteiger partial charge in [0.15, 0.2) is 5.78 Å². The van der Waals surface area contributed by atoms with E-state index in [-0.39, 0.29) is 28.2 Å². The minimum Gasteiger partial charge on any atom is -0.339 e. The summed E-state index contributed by atoms with van der Waals surface area (Å²) in [5.41, 5.74) is 5.04.